The van der Waals surface area contributed by atoms with Crippen LogP contribution < -0.4 is 9.47 Å². The molecule has 2 amide bonds. The average Bonchev–Trinajstić information content (AvgIpc) is 3.10. The second-order valence-electron chi connectivity index (χ2n) is 8.54. The van der Waals surface area contributed by atoms with Crippen LogP contribution in [0.2, 0.25) is 5.02 Å². The van der Waals surface area contributed by atoms with Gasteiger partial charge in [0.15, 0.2) is 11.5 Å². The number of carbonyl (C=O) groups is 3. The standard InChI is InChI=1S/C28H26ClNO6S/c1-4-34-23-13-19(14-24-27(32)30(28(33)37-24)15-25(31)36-17(2)3)12-22(29)26(23)35-16-18-9-10-20-7-5-6-8-21(20)11-18/h5-14,17H,4,15-16H2,1-3H3/b24-14+. The molecular weight excluding hydrogens is 514 g/mol. The van der Waals surface area contributed by atoms with Gasteiger partial charge in [0.05, 0.1) is 22.6 Å². The van der Waals surface area contributed by atoms with Crippen molar-refractivity contribution >= 4 is 57.3 Å². The fourth-order valence-corrected chi connectivity index (χ4v) is 4.89. The van der Waals surface area contributed by atoms with Crippen LogP contribution in [0.25, 0.3) is 16.8 Å². The zero-order valence-electron chi connectivity index (χ0n) is 20.7. The summed E-state index contributed by atoms with van der Waals surface area (Å²) < 4.78 is 16.9. The molecule has 1 saturated heterocycles. The lowest BCUT2D eigenvalue weighted by atomic mass is 10.1. The fourth-order valence-electron chi connectivity index (χ4n) is 3.78. The zero-order valence-corrected chi connectivity index (χ0v) is 22.2. The monoisotopic (exact) mass is 539 g/mol. The Morgan fingerprint density at radius 2 is 1.81 bits per heavy atom. The van der Waals surface area contributed by atoms with Crippen molar-refractivity contribution in [3.05, 3.63) is 75.7 Å². The molecule has 0 saturated carbocycles. The molecule has 1 aliphatic heterocycles. The Balaban J connectivity index is 1.53. The van der Waals surface area contributed by atoms with Gasteiger partial charge in [-0.25, -0.2) is 0 Å². The zero-order chi connectivity index (χ0) is 26.5. The van der Waals surface area contributed by atoms with Gasteiger partial charge < -0.3 is 14.2 Å². The SMILES string of the molecule is CCOc1cc(/C=C2/SC(=O)N(CC(=O)OC(C)C)C2=O)cc(Cl)c1OCc1ccc2ccccc2c1. The normalized spacial score (nSPS) is 14.6. The van der Waals surface area contributed by atoms with Crippen LogP contribution in [0.3, 0.4) is 0 Å². The van der Waals surface area contributed by atoms with Crippen molar-refractivity contribution < 1.29 is 28.6 Å². The molecular formula is C28H26ClNO6S. The van der Waals surface area contributed by atoms with E-state index in [0.717, 1.165) is 33.0 Å². The number of benzene rings is 3. The Bertz CT molecular complexity index is 1390. The first-order valence-electron chi connectivity index (χ1n) is 11.8. The van der Waals surface area contributed by atoms with Gasteiger partial charge in [-0.3, -0.25) is 19.3 Å². The molecule has 9 heteroatoms. The molecule has 4 rings (SSSR count). The summed E-state index contributed by atoms with van der Waals surface area (Å²) in [5.74, 6) is -0.408. The summed E-state index contributed by atoms with van der Waals surface area (Å²) in [7, 11) is 0. The molecule has 0 atom stereocenters. The van der Waals surface area contributed by atoms with E-state index in [1.165, 1.54) is 0 Å². The third-order valence-corrected chi connectivity index (χ3v) is 6.54. The van der Waals surface area contributed by atoms with E-state index in [2.05, 4.69) is 12.1 Å². The largest absolute Gasteiger partial charge is 0.490 e. The van der Waals surface area contributed by atoms with Gasteiger partial charge in [0.25, 0.3) is 11.1 Å². The van der Waals surface area contributed by atoms with Crippen LogP contribution in [0, 0.1) is 0 Å². The number of fused-ring (bicyclic) bond motifs is 1. The minimum atomic E-state index is -0.645. The van der Waals surface area contributed by atoms with Gasteiger partial charge in [0.2, 0.25) is 0 Å². The Kier molecular flexibility index (Phi) is 8.41. The van der Waals surface area contributed by atoms with Gasteiger partial charge in [-0.2, -0.15) is 0 Å². The molecule has 0 bridgehead atoms. The second-order valence-corrected chi connectivity index (χ2v) is 9.94. The van der Waals surface area contributed by atoms with E-state index in [1.807, 2.05) is 37.3 Å². The molecule has 3 aromatic carbocycles. The highest BCUT2D eigenvalue weighted by atomic mass is 35.5. The molecule has 0 unspecified atom stereocenters. The third-order valence-electron chi connectivity index (χ3n) is 5.35. The van der Waals surface area contributed by atoms with Crippen molar-refractivity contribution in [2.75, 3.05) is 13.2 Å². The Hall–Kier alpha value is -3.49. The molecule has 7 nitrogen and oxygen atoms in total. The van der Waals surface area contributed by atoms with Crippen LogP contribution in [-0.4, -0.2) is 41.3 Å². The van der Waals surface area contributed by atoms with E-state index in [0.29, 0.717) is 28.7 Å². The van der Waals surface area contributed by atoms with Gasteiger partial charge in [0, 0.05) is 0 Å². The highest BCUT2D eigenvalue weighted by Gasteiger charge is 2.37. The summed E-state index contributed by atoms with van der Waals surface area (Å²) in [6, 6.07) is 17.5. The summed E-state index contributed by atoms with van der Waals surface area (Å²) in [4.78, 5) is 38.1. The van der Waals surface area contributed by atoms with E-state index in [1.54, 1.807) is 32.1 Å². The highest BCUT2D eigenvalue weighted by Crippen LogP contribution is 2.39. The Morgan fingerprint density at radius 3 is 2.54 bits per heavy atom. The van der Waals surface area contributed by atoms with Gasteiger partial charge in [-0.1, -0.05) is 48.0 Å². The topological polar surface area (TPSA) is 82.1 Å². The average molecular weight is 540 g/mol. The lowest BCUT2D eigenvalue weighted by Gasteiger charge is -2.15. The van der Waals surface area contributed by atoms with Crippen LogP contribution in [-0.2, 0) is 20.9 Å². The van der Waals surface area contributed by atoms with Crippen molar-refractivity contribution in [1.29, 1.82) is 0 Å². The lowest BCUT2D eigenvalue weighted by molar-refractivity contribution is -0.149. The van der Waals surface area contributed by atoms with Gasteiger partial charge in [0.1, 0.15) is 13.2 Å². The number of rotatable bonds is 9. The summed E-state index contributed by atoms with van der Waals surface area (Å²) >= 11 is 7.31. The number of halogens is 1. The number of carbonyl (C=O) groups excluding carboxylic acids is 3. The number of hydrogen-bond donors (Lipinski definition) is 0. The Labute approximate surface area is 224 Å². The van der Waals surface area contributed by atoms with E-state index < -0.39 is 23.7 Å². The molecule has 1 aliphatic rings. The number of amides is 2. The number of imide groups is 1. The maximum Gasteiger partial charge on any atom is 0.326 e. The number of esters is 1. The first-order valence-corrected chi connectivity index (χ1v) is 13.0. The summed E-state index contributed by atoms with van der Waals surface area (Å²) in [6.45, 7) is 5.46. The van der Waals surface area contributed by atoms with Crippen LogP contribution in [0.4, 0.5) is 4.79 Å². The molecule has 1 fully saturated rings. The highest BCUT2D eigenvalue weighted by molar-refractivity contribution is 8.18. The minimum absolute atomic E-state index is 0.172. The minimum Gasteiger partial charge on any atom is -0.490 e. The van der Waals surface area contributed by atoms with Gasteiger partial charge in [-0.15, -0.1) is 0 Å². The van der Waals surface area contributed by atoms with Gasteiger partial charge in [-0.05, 0) is 78.7 Å². The third kappa shape index (κ3) is 6.45. The van der Waals surface area contributed by atoms with Crippen molar-refractivity contribution in [3.8, 4) is 11.5 Å². The van der Waals surface area contributed by atoms with Crippen LogP contribution >= 0.6 is 23.4 Å². The van der Waals surface area contributed by atoms with Crippen LogP contribution in [0.1, 0.15) is 31.9 Å². The molecule has 3 aromatic rings. The van der Waals surface area contributed by atoms with Crippen LogP contribution in [0.5, 0.6) is 11.5 Å². The van der Waals surface area contributed by atoms with E-state index >= 15 is 0 Å². The van der Waals surface area contributed by atoms with Crippen molar-refractivity contribution in [2.45, 2.75) is 33.5 Å². The predicted octanol–water partition coefficient (Wildman–Crippen LogP) is 6.46. The van der Waals surface area contributed by atoms with E-state index in [-0.39, 0.29) is 17.6 Å². The maximum absolute atomic E-state index is 12.8. The Morgan fingerprint density at radius 1 is 1.05 bits per heavy atom. The summed E-state index contributed by atoms with van der Waals surface area (Å²) in [5.41, 5.74) is 1.53. The second kappa shape index (κ2) is 11.7. The smallest absolute Gasteiger partial charge is 0.326 e. The molecule has 0 radical (unpaired) electrons. The molecule has 0 aliphatic carbocycles. The number of thioether (sulfide) groups is 1. The molecule has 0 spiro atoms. The van der Waals surface area contributed by atoms with E-state index in [4.69, 9.17) is 25.8 Å². The molecule has 0 aromatic heterocycles. The number of hydrogen-bond acceptors (Lipinski definition) is 7. The molecule has 1 heterocycles. The van der Waals surface area contributed by atoms with Crippen LogP contribution in [0.15, 0.2) is 59.5 Å². The summed E-state index contributed by atoms with van der Waals surface area (Å²) in [5, 5.41) is 2.02. The van der Waals surface area contributed by atoms with Gasteiger partial charge >= 0.3 is 5.97 Å². The first-order chi connectivity index (χ1) is 17.7. The predicted molar refractivity (Wildman–Crippen MR) is 145 cm³/mol. The quantitative estimate of drug-likeness (QED) is 0.228. The van der Waals surface area contributed by atoms with Crippen molar-refractivity contribution in [3.63, 3.8) is 0 Å². The molecule has 37 heavy (non-hydrogen) atoms. The summed E-state index contributed by atoms with van der Waals surface area (Å²) in [6.07, 6.45) is 1.20. The number of nitrogens with zero attached hydrogens (tertiary/aromatic N) is 1. The lowest BCUT2D eigenvalue weighted by Crippen LogP contribution is -2.35. The first kappa shape index (κ1) is 26.6. The van der Waals surface area contributed by atoms with Crippen molar-refractivity contribution in [1.82, 2.24) is 4.90 Å². The fraction of sp³-hybridized carbons (Fsp3) is 0.250. The molecule has 192 valence electrons. The maximum atomic E-state index is 12.8. The van der Waals surface area contributed by atoms with Crippen molar-refractivity contribution in [2.24, 2.45) is 0 Å². The van der Waals surface area contributed by atoms with E-state index in [9.17, 15) is 14.4 Å². The molecule has 0 N–H and O–H groups in total. The number of ether oxygens (including phenoxy) is 3.